The van der Waals surface area contributed by atoms with Gasteiger partial charge in [0.1, 0.15) is 24.4 Å². The molecule has 24 heavy (non-hydrogen) atoms. The van der Waals surface area contributed by atoms with E-state index in [2.05, 4.69) is 0 Å². The first-order valence-electron chi connectivity index (χ1n) is 7.52. The van der Waals surface area contributed by atoms with Crippen molar-refractivity contribution in [3.8, 4) is 0 Å². The Morgan fingerprint density at radius 3 is 2.25 bits per heavy atom. The summed E-state index contributed by atoms with van der Waals surface area (Å²) in [7, 11) is 0. The van der Waals surface area contributed by atoms with Crippen molar-refractivity contribution in [1.82, 2.24) is 0 Å². The molecule has 0 fully saturated rings. The summed E-state index contributed by atoms with van der Waals surface area (Å²) in [6, 6.07) is 0. The van der Waals surface area contributed by atoms with Crippen LogP contribution in [0.4, 0.5) is 0 Å². The van der Waals surface area contributed by atoms with Gasteiger partial charge in [0.25, 0.3) is 0 Å². The summed E-state index contributed by atoms with van der Waals surface area (Å²) in [6.45, 7) is 4.35. The fraction of sp³-hybridized carbons (Fsp3) is 0.562. The van der Waals surface area contributed by atoms with Crippen molar-refractivity contribution >= 4 is 17.9 Å². The molecule has 1 rings (SSSR count). The molecule has 0 unspecified atom stereocenters. The van der Waals surface area contributed by atoms with Gasteiger partial charge in [-0.3, -0.25) is 4.79 Å². The van der Waals surface area contributed by atoms with E-state index in [1.807, 2.05) is 0 Å². The first-order valence-corrected chi connectivity index (χ1v) is 7.52. The maximum atomic E-state index is 11.7. The fourth-order valence-corrected chi connectivity index (χ4v) is 1.82. The van der Waals surface area contributed by atoms with Gasteiger partial charge < -0.3 is 24.4 Å². The van der Waals surface area contributed by atoms with Gasteiger partial charge in [-0.05, 0) is 32.9 Å². The molecule has 0 spiro atoms. The zero-order valence-electron chi connectivity index (χ0n) is 13.7. The molecule has 2 N–H and O–H groups in total. The second-order valence-electron chi connectivity index (χ2n) is 5.50. The van der Waals surface area contributed by atoms with Crippen LogP contribution in [0.3, 0.4) is 0 Å². The number of cyclic esters (lactones) is 3. The first-order chi connectivity index (χ1) is 11.2. The standard InChI is InChI=1S/C16H22O8/c1-9-8-16(21)23-11(3)12(18)4-6-15(20)24-13(10(2)17)5-7-14(19)22-9/h4-7,9-13,17-18H,8H2,1-3H3/b6-4+,7-5+/t9-,10+,11+,12-,13-/m1/s1. The lowest BCUT2D eigenvalue weighted by atomic mass is 10.2. The van der Waals surface area contributed by atoms with Crippen molar-refractivity contribution in [3.05, 3.63) is 24.3 Å². The van der Waals surface area contributed by atoms with Crippen LogP contribution in [-0.2, 0) is 28.6 Å². The number of rotatable bonds is 1. The Morgan fingerprint density at radius 2 is 1.62 bits per heavy atom. The van der Waals surface area contributed by atoms with E-state index < -0.39 is 48.4 Å². The quantitative estimate of drug-likeness (QED) is 0.505. The summed E-state index contributed by atoms with van der Waals surface area (Å²) >= 11 is 0. The van der Waals surface area contributed by atoms with Crippen LogP contribution in [0.2, 0.25) is 0 Å². The van der Waals surface area contributed by atoms with Gasteiger partial charge in [0.2, 0.25) is 0 Å². The molecule has 1 heterocycles. The number of ether oxygens (including phenoxy) is 3. The fourth-order valence-electron chi connectivity index (χ4n) is 1.82. The Hall–Kier alpha value is -2.19. The van der Waals surface area contributed by atoms with Crippen LogP contribution >= 0.6 is 0 Å². The highest BCUT2D eigenvalue weighted by molar-refractivity contribution is 5.84. The van der Waals surface area contributed by atoms with Gasteiger partial charge in [0.05, 0.1) is 12.5 Å². The normalized spacial score (nSPS) is 34.0. The lowest BCUT2D eigenvalue weighted by Crippen LogP contribution is -2.29. The van der Waals surface area contributed by atoms with Crippen LogP contribution in [0.5, 0.6) is 0 Å². The smallest absolute Gasteiger partial charge is 0.331 e. The van der Waals surface area contributed by atoms with Crippen LogP contribution in [0.1, 0.15) is 27.2 Å². The number of hydrogen-bond donors (Lipinski definition) is 2. The summed E-state index contributed by atoms with van der Waals surface area (Å²) < 4.78 is 15.0. The highest BCUT2D eigenvalue weighted by atomic mass is 16.6. The molecule has 0 saturated heterocycles. The topological polar surface area (TPSA) is 119 Å². The summed E-state index contributed by atoms with van der Waals surface area (Å²) in [4.78, 5) is 35.1. The van der Waals surface area contributed by atoms with Gasteiger partial charge in [-0.2, -0.15) is 0 Å². The molecule has 134 valence electrons. The SMILES string of the molecule is C[C@@H]1CC(=O)O[C@@H](C)[C@H](O)/C=C/C(=O)O[C@@H]([C@H](C)O)/C=C/C(=O)O1. The molecule has 1 aliphatic rings. The Labute approximate surface area is 139 Å². The average Bonchev–Trinajstić information content (AvgIpc) is 2.47. The lowest BCUT2D eigenvalue weighted by molar-refractivity contribution is -0.157. The molecule has 0 aliphatic carbocycles. The van der Waals surface area contributed by atoms with Crippen molar-refractivity contribution in [3.63, 3.8) is 0 Å². The highest BCUT2D eigenvalue weighted by Gasteiger charge is 2.22. The minimum absolute atomic E-state index is 0.185. The number of aliphatic hydroxyl groups excluding tert-OH is 2. The molecule has 0 radical (unpaired) electrons. The minimum atomic E-state index is -1.22. The second-order valence-corrected chi connectivity index (χ2v) is 5.50. The average molecular weight is 342 g/mol. The first kappa shape index (κ1) is 19.9. The number of carbonyl (C=O) groups is 3. The van der Waals surface area contributed by atoms with E-state index in [0.29, 0.717) is 0 Å². The third-order valence-corrected chi connectivity index (χ3v) is 3.15. The largest absolute Gasteiger partial charge is 0.459 e. The van der Waals surface area contributed by atoms with Gasteiger partial charge in [0, 0.05) is 12.2 Å². The van der Waals surface area contributed by atoms with Crippen molar-refractivity contribution in [2.75, 3.05) is 0 Å². The van der Waals surface area contributed by atoms with Crippen LogP contribution < -0.4 is 0 Å². The Kier molecular flexibility index (Phi) is 7.60. The predicted molar refractivity (Wildman–Crippen MR) is 81.6 cm³/mol. The van der Waals surface area contributed by atoms with Crippen LogP contribution in [-0.4, -0.2) is 58.6 Å². The van der Waals surface area contributed by atoms with E-state index >= 15 is 0 Å². The molecule has 8 nitrogen and oxygen atoms in total. The van der Waals surface area contributed by atoms with Crippen LogP contribution in [0, 0.1) is 0 Å². The van der Waals surface area contributed by atoms with Crippen LogP contribution in [0.15, 0.2) is 24.3 Å². The Balaban J connectivity index is 2.98. The molecule has 5 atom stereocenters. The molecule has 0 aromatic rings. The van der Waals surface area contributed by atoms with Crippen molar-refractivity contribution in [1.29, 1.82) is 0 Å². The number of carbonyl (C=O) groups excluding carboxylic acids is 3. The van der Waals surface area contributed by atoms with Crippen molar-refractivity contribution in [2.45, 2.75) is 57.7 Å². The zero-order chi connectivity index (χ0) is 18.3. The lowest BCUT2D eigenvalue weighted by Gasteiger charge is -2.18. The summed E-state index contributed by atoms with van der Waals surface area (Å²) in [6.07, 6.45) is -0.911. The van der Waals surface area contributed by atoms with Gasteiger partial charge in [-0.1, -0.05) is 0 Å². The van der Waals surface area contributed by atoms with E-state index in [0.717, 1.165) is 18.2 Å². The molecule has 0 saturated carbocycles. The number of esters is 3. The molecule has 0 aromatic heterocycles. The van der Waals surface area contributed by atoms with E-state index in [1.54, 1.807) is 0 Å². The van der Waals surface area contributed by atoms with Crippen molar-refractivity contribution in [2.24, 2.45) is 0 Å². The van der Waals surface area contributed by atoms with Crippen molar-refractivity contribution < 1.29 is 38.8 Å². The Morgan fingerprint density at radius 1 is 1.04 bits per heavy atom. The number of aliphatic hydroxyl groups is 2. The predicted octanol–water partition coefficient (Wildman–Crippen LogP) is 0.0194. The van der Waals surface area contributed by atoms with Gasteiger partial charge in [-0.15, -0.1) is 0 Å². The minimum Gasteiger partial charge on any atom is -0.459 e. The Bertz CT molecular complexity index is 522. The highest BCUT2D eigenvalue weighted by Crippen LogP contribution is 2.09. The third kappa shape index (κ3) is 6.93. The van der Waals surface area contributed by atoms with E-state index in [-0.39, 0.29) is 6.42 Å². The van der Waals surface area contributed by atoms with Crippen LogP contribution in [0.25, 0.3) is 0 Å². The molecule has 8 heteroatoms. The second kappa shape index (κ2) is 9.19. The number of hydrogen-bond acceptors (Lipinski definition) is 8. The third-order valence-electron chi connectivity index (χ3n) is 3.15. The molecular formula is C16H22O8. The maximum absolute atomic E-state index is 11.7. The molecule has 1 aliphatic heterocycles. The van der Waals surface area contributed by atoms with Gasteiger partial charge in [0.15, 0.2) is 0 Å². The maximum Gasteiger partial charge on any atom is 0.331 e. The molecule has 0 amide bonds. The zero-order valence-corrected chi connectivity index (χ0v) is 13.7. The summed E-state index contributed by atoms with van der Waals surface area (Å²) in [5.41, 5.74) is 0. The molecule has 0 bridgehead atoms. The molecule has 0 aromatic carbocycles. The monoisotopic (exact) mass is 342 g/mol. The molecular weight excluding hydrogens is 320 g/mol. The van der Waals surface area contributed by atoms with Gasteiger partial charge in [-0.25, -0.2) is 9.59 Å². The van der Waals surface area contributed by atoms with E-state index in [1.165, 1.54) is 26.8 Å². The van der Waals surface area contributed by atoms with E-state index in [4.69, 9.17) is 14.2 Å². The summed E-state index contributed by atoms with van der Waals surface area (Å²) in [5, 5.41) is 19.4. The van der Waals surface area contributed by atoms with E-state index in [9.17, 15) is 24.6 Å². The van der Waals surface area contributed by atoms with Gasteiger partial charge >= 0.3 is 17.9 Å². The summed E-state index contributed by atoms with van der Waals surface area (Å²) in [5.74, 6) is -2.24.